The van der Waals surface area contributed by atoms with E-state index < -0.39 is 17.5 Å². The van der Waals surface area contributed by atoms with Gasteiger partial charge in [-0.1, -0.05) is 18.2 Å². The molecule has 3 aromatic rings. The molecule has 2 aromatic carbocycles. The number of aryl methyl sites for hydroxylation is 1. The molecule has 0 bridgehead atoms. The molecule has 0 aliphatic carbocycles. The standard InChI is InChI=1S/C28H31N3O5/c1-17-12-24(18(2)30(17)15-23-6-5-11-36-23)25(32)16-31-26(33)28(3,29-27(31)34)21-9-7-20-14-22(35-4)10-8-19(20)13-21/h7-10,12-14,23H,5-6,11,15-16H2,1-4H3,(H,29,34). The lowest BCUT2D eigenvalue weighted by molar-refractivity contribution is -0.130. The molecule has 2 aliphatic heterocycles. The summed E-state index contributed by atoms with van der Waals surface area (Å²) in [6, 6.07) is 12.5. The fraction of sp³-hybridized carbons (Fsp3) is 0.393. The number of nitrogens with one attached hydrogen (secondary N) is 1. The van der Waals surface area contributed by atoms with Crippen molar-refractivity contribution in [2.75, 3.05) is 20.3 Å². The predicted molar refractivity (Wildman–Crippen MR) is 135 cm³/mol. The topological polar surface area (TPSA) is 89.9 Å². The first-order chi connectivity index (χ1) is 17.2. The summed E-state index contributed by atoms with van der Waals surface area (Å²) in [5, 5.41) is 4.69. The molecule has 0 saturated carbocycles. The third-order valence-corrected chi connectivity index (χ3v) is 7.49. The van der Waals surface area contributed by atoms with Crippen molar-refractivity contribution < 1.29 is 23.9 Å². The Balaban J connectivity index is 1.36. The summed E-state index contributed by atoms with van der Waals surface area (Å²) in [5.41, 5.74) is 1.71. The zero-order valence-corrected chi connectivity index (χ0v) is 21.1. The number of imide groups is 1. The van der Waals surface area contributed by atoms with Gasteiger partial charge in [0.2, 0.25) is 0 Å². The molecule has 1 aromatic heterocycles. The van der Waals surface area contributed by atoms with E-state index in [2.05, 4.69) is 9.88 Å². The maximum atomic E-state index is 13.5. The van der Waals surface area contributed by atoms with Gasteiger partial charge in [-0.3, -0.25) is 14.5 Å². The number of ketones is 1. The second kappa shape index (κ2) is 9.09. The van der Waals surface area contributed by atoms with Crippen LogP contribution in [0.2, 0.25) is 0 Å². The summed E-state index contributed by atoms with van der Waals surface area (Å²) in [6.45, 7) is 6.69. The number of hydrogen-bond donors (Lipinski definition) is 1. The van der Waals surface area contributed by atoms with E-state index in [9.17, 15) is 14.4 Å². The van der Waals surface area contributed by atoms with Crippen LogP contribution in [0.15, 0.2) is 42.5 Å². The Hall–Kier alpha value is -3.65. The van der Waals surface area contributed by atoms with Gasteiger partial charge in [0.05, 0.1) is 19.8 Å². The monoisotopic (exact) mass is 489 g/mol. The van der Waals surface area contributed by atoms with E-state index >= 15 is 0 Å². The first-order valence-corrected chi connectivity index (χ1v) is 12.2. The largest absolute Gasteiger partial charge is 0.497 e. The Labute approximate surface area is 210 Å². The summed E-state index contributed by atoms with van der Waals surface area (Å²) in [7, 11) is 1.61. The highest BCUT2D eigenvalue weighted by molar-refractivity contribution is 6.11. The van der Waals surface area contributed by atoms with Gasteiger partial charge in [0.1, 0.15) is 11.3 Å². The van der Waals surface area contributed by atoms with Crippen molar-refractivity contribution in [2.45, 2.75) is 51.8 Å². The van der Waals surface area contributed by atoms with Crippen LogP contribution in [0.4, 0.5) is 4.79 Å². The van der Waals surface area contributed by atoms with Crippen LogP contribution in [0.5, 0.6) is 5.75 Å². The van der Waals surface area contributed by atoms with Crippen LogP contribution < -0.4 is 10.1 Å². The van der Waals surface area contributed by atoms with E-state index in [-0.39, 0.29) is 18.4 Å². The Bertz CT molecular complexity index is 1370. The number of aromatic nitrogens is 1. The highest BCUT2D eigenvalue weighted by Gasteiger charge is 2.49. The van der Waals surface area contributed by atoms with Gasteiger partial charge in [-0.05, 0) is 74.2 Å². The highest BCUT2D eigenvalue weighted by Crippen LogP contribution is 2.32. The molecule has 2 fully saturated rings. The lowest BCUT2D eigenvalue weighted by Crippen LogP contribution is -2.41. The van der Waals surface area contributed by atoms with E-state index in [1.807, 2.05) is 56.3 Å². The molecule has 2 unspecified atom stereocenters. The molecule has 3 heterocycles. The van der Waals surface area contributed by atoms with Gasteiger partial charge >= 0.3 is 6.03 Å². The number of carbonyl (C=O) groups excluding carboxylic acids is 3. The summed E-state index contributed by atoms with van der Waals surface area (Å²) in [5.74, 6) is 0.0356. The second-order valence-electron chi connectivity index (χ2n) is 9.83. The van der Waals surface area contributed by atoms with Crippen LogP contribution in [0, 0.1) is 13.8 Å². The minimum Gasteiger partial charge on any atom is -0.497 e. The zero-order chi connectivity index (χ0) is 25.6. The van der Waals surface area contributed by atoms with Crippen molar-refractivity contribution in [3.63, 3.8) is 0 Å². The average molecular weight is 490 g/mol. The van der Waals surface area contributed by atoms with Gasteiger partial charge in [0.25, 0.3) is 5.91 Å². The Morgan fingerprint density at radius 2 is 1.89 bits per heavy atom. The van der Waals surface area contributed by atoms with E-state index in [0.717, 1.165) is 52.3 Å². The Morgan fingerprint density at radius 3 is 2.61 bits per heavy atom. The minimum atomic E-state index is -1.26. The fourth-order valence-corrected chi connectivity index (χ4v) is 5.28. The molecule has 5 rings (SSSR count). The number of methoxy groups -OCH3 is 1. The lowest BCUT2D eigenvalue weighted by atomic mass is 9.90. The Morgan fingerprint density at radius 1 is 1.14 bits per heavy atom. The first kappa shape index (κ1) is 24.1. The predicted octanol–water partition coefficient (Wildman–Crippen LogP) is 4.10. The van der Waals surface area contributed by atoms with Gasteiger partial charge in [0.15, 0.2) is 5.78 Å². The molecule has 3 amide bonds. The molecule has 8 heteroatoms. The molecule has 2 aliphatic rings. The van der Waals surface area contributed by atoms with Crippen molar-refractivity contribution in [1.29, 1.82) is 0 Å². The average Bonchev–Trinajstić information content (AvgIpc) is 3.54. The van der Waals surface area contributed by atoms with Gasteiger partial charge in [-0.25, -0.2) is 4.79 Å². The summed E-state index contributed by atoms with van der Waals surface area (Å²) in [6.07, 6.45) is 2.20. The number of fused-ring (bicyclic) bond motifs is 1. The zero-order valence-electron chi connectivity index (χ0n) is 21.1. The Kier molecular flexibility index (Phi) is 6.08. The third kappa shape index (κ3) is 4.05. The number of amides is 3. The van der Waals surface area contributed by atoms with Crippen molar-refractivity contribution in [3.8, 4) is 5.75 Å². The molecule has 1 N–H and O–H groups in total. The number of carbonyl (C=O) groups is 3. The molecule has 0 radical (unpaired) electrons. The summed E-state index contributed by atoms with van der Waals surface area (Å²) < 4.78 is 13.1. The molecule has 36 heavy (non-hydrogen) atoms. The summed E-state index contributed by atoms with van der Waals surface area (Å²) in [4.78, 5) is 40.6. The van der Waals surface area contributed by atoms with Crippen molar-refractivity contribution in [3.05, 3.63) is 65.0 Å². The molecule has 2 saturated heterocycles. The number of ether oxygens (including phenoxy) is 2. The maximum Gasteiger partial charge on any atom is 0.325 e. The fourth-order valence-electron chi connectivity index (χ4n) is 5.28. The van der Waals surface area contributed by atoms with Gasteiger partial charge in [0, 0.05) is 30.1 Å². The third-order valence-electron chi connectivity index (χ3n) is 7.49. The van der Waals surface area contributed by atoms with Crippen molar-refractivity contribution >= 4 is 28.5 Å². The normalized spacial score (nSPS) is 21.9. The van der Waals surface area contributed by atoms with Crippen molar-refractivity contribution in [2.24, 2.45) is 0 Å². The van der Waals surface area contributed by atoms with E-state index in [1.54, 1.807) is 14.0 Å². The molecule has 0 spiro atoms. The van der Waals surface area contributed by atoms with Crippen LogP contribution in [0.1, 0.15) is 47.1 Å². The number of nitrogens with zero attached hydrogens (tertiary/aromatic N) is 2. The lowest BCUT2D eigenvalue weighted by Gasteiger charge is -2.22. The van der Waals surface area contributed by atoms with Crippen molar-refractivity contribution in [1.82, 2.24) is 14.8 Å². The smallest absolute Gasteiger partial charge is 0.325 e. The number of rotatable bonds is 7. The van der Waals surface area contributed by atoms with E-state index in [0.29, 0.717) is 17.7 Å². The van der Waals surface area contributed by atoms with Crippen LogP contribution in [-0.4, -0.2) is 53.6 Å². The second-order valence-corrected chi connectivity index (χ2v) is 9.83. The number of benzene rings is 2. The molecule has 8 nitrogen and oxygen atoms in total. The van der Waals surface area contributed by atoms with Gasteiger partial charge in [-0.15, -0.1) is 0 Å². The van der Waals surface area contributed by atoms with Crippen LogP contribution in [-0.2, 0) is 21.6 Å². The van der Waals surface area contributed by atoms with Gasteiger partial charge < -0.3 is 19.4 Å². The van der Waals surface area contributed by atoms with E-state index in [1.165, 1.54) is 0 Å². The molecule has 188 valence electrons. The van der Waals surface area contributed by atoms with Gasteiger partial charge in [-0.2, -0.15) is 0 Å². The molecular formula is C28H31N3O5. The number of hydrogen-bond acceptors (Lipinski definition) is 5. The quantitative estimate of drug-likeness (QED) is 0.399. The number of Topliss-reactive ketones (excluding diaryl/α,β-unsaturated/α-hetero) is 1. The summed E-state index contributed by atoms with van der Waals surface area (Å²) >= 11 is 0. The minimum absolute atomic E-state index is 0.146. The first-order valence-electron chi connectivity index (χ1n) is 12.2. The van der Waals surface area contributed by atoms with Crippen LogP contribution in [0.25, 0.3) is 10.8 Å². The number of urea groups is 1. The van der Waals surface area contributed by atoms with Crippen LogP contribution in [0.3, 0.4) is 0 Å². The maximum absolute atomic E-state index is 13.5. The molecular weight excluding hydrogens is 458 g/mol. The van der Waals surface area contributed by atoms with E-state index in [4.69, 9.17) is 9.47 Å². The SMILES string of the molecule is COc1ccc2cc(C3(C)NC(=O)N(CC(=O)c4cc(C)n(CC5CCCO5)c4C)C3=O)ccc2c1. The van der Waals surface area contributed by atoms with Crippen LogP contribution >= 0.6 is 0 Å². The highest BCUT2D eigenvalue weighted by atomic mass is 16.5. The molecule has 2 atom stereocenters.